The average Bonchev–Trinajstić information content (AvgIpc) is 2.68. The highest BCUT2D eigenvalue weighted by molar-refractivity contribution is 7.90. The fourth-order valence-corrected chi connectivity index (χ4v) is 3.66. The van der Waals surface area contributed by atoms with Crippen LogP contribution in [-0.2, 0) is 9.84 Å². The van der Waals surface area contributed by atoms with Crippen LogP contribution in [0.15, 0.2) is 11.4 Å². The van der Waals surface area contributed by atoms with Crippen LogP contribution < -0.4 is 5.32 Å². The van der Waals surface area contributed by atoms with Crippen LogP contribution >= 0.6 is 11.3 Å². The van der Waals surface area contributed by atoms with Gasteiger partial charge in [0, 0.05) is 22.9 Å². The summed E-state index contributed by atoms with van der Waals surface area (Å²) in [4.78, 5) is 1.34. The maximum Gasteiger partial charge on any atom is 0.147 e. The highest BCUT2D eigenvalue weighted by Gasteiger charge is 2.15. The number of aryl methyl sites for hydroxylation is 1. The molecule has 1 aromatic heterocycles. The normalized spacial score (nSPS) is 13.7. The van der Waals surface area contributed by atoms with E-state index < -0.39 is 9.84 Å². The number of hydrogen-bond acceptors (Lipinski definition) is 4. The molecular weight excluding hydrogens is 266 g/mol. The Kier molecular flexibility index (Phi) is 6.32. The molecule has 0 aliphatic carbocycles. The molecule has 0 aliphatic rings. The number of thiophene rings is 1. The molecule has 104 valence electrons. The number of nitrogens with one attached hydrogen (secondary N) is 1. The maximum atomic E-state index is 11.2. The monoisotopic (exact) mass is 289 g/mol. The van der Waals surface area contributed by atoms with Crippen LogP contribution in [0, 0.1) is 6.92 Å². The standard InChI is InChI=1S/C13H23NO2S2/c1-4-8-14-12(6-5-10-18(3,15)16)13-11(2)7-9-17-13/h7,9,12,14H,4-6,8,10H2,1-3H3. The zero-order valence-electron chi connectivity index (χ0n) is 11.4. The topological polar surface area (TPSA) is 46.2 Å². The smallest absolute Gasteiger partial charge is 0.147 e. The van der Waals surface area contributed by atoms with Gasteiger partial charge in [-0.25, -0.2) is 8.42 Å². The summed E-state index contributed by atoms with van der Waals surface area (Å²) in [5.41, 5.74) is 1.30. The average molecular weight is 289 g/mol. The van der Waals surface area contributed by atoms with E-state index in [-0.39, 0.29) is 5.75 Å². The lowest BCUT2D eigenvalue weighted by molar-refractivity contribution is 0.497. The summed E-state index contributed by atoms with van der Waals surface area (Å²) in [7, 11) is -2.84. The Bertz CT molecular complexity index is 451. The van der Waals surface area contributed by atoms with Crippen molar-refractivity contribution in [3.05, 3.63) is 21.9 Å². The SMILES string of the molecule is CCCNC(CCCS(C)(=O)=O)c1sccc1C. The molecular formula is C13H23NO2S2. The van der Waals surface area contributed by atoms with Crippen LogP contribution in [-0.4, -0.2) is 27.0 Å². The molecule has 1 unspecified atom stereocenters. The van der Waals surface area contributed by atoms with Crippen molar-refractivity contribution >= 4 is 21.2 Å². The highest BCUT2D eigenvalue weighted by atomic mass is 32.2. The second-order valence-electron chi connectivity index (χ2n) is 4.75. The molecule has 1 rings (SSSR count). The van der Waals surface area contributed by atoms with E-state index in [9.17, 15) is 8.42 Å². The molecule has 5 heteroatoms. The van der Waals surface area contributed by atoms with Gasteiger partial charge in [0.25, 0.3) is 0 Å². The van der Waals surface area contributed by atoms with E-state index >= 15 is 0 Å². The summed E-state index contributed by atoms with van der Waals surface area (Å²) in [5, 5.41) is 5.61. The van der Waals surface area contributed by atoms with E-state index in [0.717, 1.165) is 25.8 Å². The number of sulfone groups is 1. The molecule has 0 saturated heterocycles. The first-order valence-corrected chi connectivity index (χ1v) is 9.33. The largest absolute Gasteiger partial charge is 0.309 e. The third-order valence-corrected chi connectivity index (χ3v) is 5.03. The third-order valence-electron chi connectivity index (χ3n) is 2.87. The molecule has 0 aromatic carbocycles. The quantitative estimate of drug-likeness (QED) is 0.800. The summed E-state index contributed by atoms with van der Waals surface area (Å²) < 4.78 is 22.3. The van der Waals surface area contributed by atoms with Gasteiger partial charge < -0.3 is 5.32 Å². The fraction of sp³-hybridized carbons (Fsp3) is 0.692. The predicted octanol–water partition coefficient (Wildman–Crippen LogP) is 2.92. The Morgan fingerprint density at radius 3 is 2.67 bits per heavy atom. The van der Waals surface area contributed by atoms with Crippen LogP contribution in [0.4, 0.5) is 0 Å². The Morgan fingerprint density at radius 1 is 1.44 bits per heavy atom. The van der Waals surface area contributed by atoms with Gasteiger partial charge in [-0.3, -0.25) is 0 Å². The van der Waals surface area contributed by atoms with Gasteiger partial charge in [-0.2, -0.15) is 0 Å². The summed E-state index contributed by atoms with van der Waals surface area (Å²) in [6.45, 7) is 5.23. The van der Waals surface area contributed by atoms with E-state index in [1.807, 2.05) is 0 Å². The molecule has 0 fully saturated rings. The zero-order valence-corrected chi connectivity index (χ0v) is 13.0. The zero-order chi connectivity index (χ0) is 13.6. The van der Waals surface area contributed by atoms with Gasteiger partial charge in [-0.1, -0.05) is 6.92 Å². The van der Waals surface area contributed by atoms with Crippen molar-refractivity contribution in [2.75, 3.05) is 18.6 Å². The minimum atomic E-state index is -2.84. The Hall–Kier alpha value is -0.390. The third kappa shape index (κ3) is 5.50. The number of hydrogen-bond donors (Lipinski definition) is 1. The van der Waals surface area contributed by atoms with Crippen LogP contribution in [0.2, 0.25) is 0 Å². The van der Waals surface area contributed by atoms with E-state index in [4.69, 9.17) is 0 Å². The summed E-state index contributed by atoms with van der Waals surface area (Å²) in [6, 6.07) is 2.42. The van der Waals surface area contributed by atoms with Crippen molar-refractivity contribution < 1.29 is 8.42 Å². The van der Waals surface area contributed by atoms with Crippen molar-refractivity contribution in [3.8, 4) is 0 Å². The molecule has 1 N–H and O–H groups in total. The molecule has 3 nitrogen and oxygen atoms in total. The Morgan fingerprint density at radius 2 is 2.17 bits per heavy atom. The van der Waals surface area contributed by atoms with Gasteiger partial charge in [0.05, 0.1) is 0 Å². The molecule has 0 saturated carbocycles. The van der Waals surface area contributed by atoms with E-state index in [1.54, 1.807) is 11.3 Å². The molecule has 0 bridgehead atoms. The first kappa shape index (κ1) is 15.7. The lowest BCUT2D eigenvalue weighted by Gasteiger charge is -2.18. The van der Waals surface area contributed by atoms with Crippen LogP contribution in [0.5, 0.6) is 0 Å². The second-order valence-corrected chi connectivity index (χ2v) is 7.95. The van der Waals surface area contributed by atoms with Gasteiger partial charge in [0.15, 0.2) is 0 Å². The molecule has 1 atom stereocenters. The maximum absolute atomic E-state index is 11.2. The predicted molar refractivity (Wildman–Crippen MR) is 79.0 cm³/mol. The number of rotatable bonds is 8. The van der Waals surface area contributed by atoms with Gasteiger partial charge in [-0.05, 0) is 49.7 Å². The van der Waals surface area contributed by atoms with E-state index in [1.165, 1.54) is 16.7 Å². The summed E-state index contributed by atoms with van der Waals surface area (Å²) >= 11 is 1.75. The molecule has 0 radical (unpaired) electrons. The fourth-order valence-electron chi connectivity index (χ4n) is 1.94. The molecule has 0 spiro atoms. The minimum Gasteiger partial charge on any atom is -0.309 e. The van der Waals surface area contributed by atoms with Crippen LogP contribution in [0.3, 0.4) is 0 Å². The van der Waals surface area contributed by atoms with Crippen molar-refractivity contribution in [1.82, 2.24) is 5.32 Å². The van der Waals surface area contributed by atoms with Gasteiger partial charge >= 0.3 is 0 Å². The molecule has 18 heavy (non-hydrogen) atoms. The van der Waals surface area contributed by atoms with E-state index in [2.05, 4.69) is 30.6 Å². The van der Waals surface area contributed by atoms with Gasteiger partial charge in [0.1, 0.15) is 9.84 Å². The van der Waals surface area contributed by atoms with Crippen molar-refractivity contribution in [2.45, 2.75) is 39.2 Å². The first-order chi connectivity index (χ1) is 8.44. The molecule has 0 aliphatic heterocycles. The summed E-state index contributed by atoms with van der Waals surface area (Å²) in [6.07, 6.45) is 4.00. The second kappa shape index (κ2) is 7.26. The highest BCUT2D eigenvalue weighted by Crippen LogP contribution is 2.27. The lowest BCUT2D eigenvalue weighted by Crippen LogP contribution is -2.22. The Balaban J connectivity index is 2.59. The minimum absolute atomic E-state index is 0.279. The first-order valence-electron chi connectivity index (χ1n) is 6.39. The van der Waals surface area contributed by atoms with Crippen LogP contribution in [0.25, 0.3) is 0 Å². The van der Waals surface area contributed by atoms with Gasteiger partial charge in [-0.15, -0.1) is 11.3 Å². The lowest BCUT2D eigenvalue weighted by atomic mass is 10.1. The summed E-state index contributed by atoms with van der Waals surface area (Å²) in [5.74, 6) is 0.279. The van der Waals surface area contributed by atoms with Crippen molar-refractivity contribution in [1.29, 1.82) is 0 Å². The van der Waals surface area contributed by atoms with Crippen LogP contribution in [0.1, 0.15) is 42.7 Å². The molecule has 0 amide bonds. The molecule has 1 heterocycles. The Labute approximate surface area is 115 Å². The van der Waals surface area contributed by atoms with E-state index in [0.29, 0.717) is 6.04 Å². The van der Waals surface area contributed by atoms with Crippen molar-refractivity contribution in [3.63, 3.8) is 0 Å². The van der Waals surface area contributed by atoms with Crippen molar-refractivity contribution in [2.24, 2.45) is 0 Å². The van der Waals surface area contributed by atoms with Gasteiger partial charge in [0.2, 0.25) is 0 Å². The molecule has 1 aromatic rings.